The average molecular weight is 308 g/mol. The molecule has 3 nitrogen and oxygen atoms in total. The summed E-state index contributed by atoms with van der Waals surface area (Å²) in [6.07, 6.45) is 1.53. The minimum atomic E-state index is 0.0764. The normalized spacial score (nSPS) is 10.7. The number of hydrogen-bond donors (Lipinski definition) is 1. The maximum Gasteiger partial charge on any atom is 0.118 e. The smallest absolute Gasteiger partial charge is 0.118 e. The number of methoxy groups -OCH3 is 1. The van der Waals surface area contributed by atoms with E-state index < -0.39 is 0 Å². The minimum absolute atomic E-state index is 0.0764. The average Bonchev–Trinajstić information content (AvgIpc) is 3.03. The molecule has 3 heteroatoms. The Morgan fingerprint density at radius 3 is 1.70 bits per heavy atom. The Morgan fingerprint density at radius 2 is 1.22 bits per heavy atom. The molecule has 0 aliphatic carbocycles. The first-order valence-electron chi connectivity index (χ1n) is 7.66. The Labute approximate surface area is 136 Å². The predicted octanol–water partition coefficient (Wildman–Crippen LogP) is 3.96. The molecular formula is C20H20O3. The summed E-state index contributed by atoms with van der Waals surface area (Å²) in [5, 5.41) is 9.07. The van der Waals surface area contributed by atoms with Crippen molar-refractivity contribution < 1.29 is 14.3 Å². The van der Waals surface area contributed by atoms with Crippen LogP contribution in [0.4, 0.5) is 0 Å². The Balaban J connectivity index is 1.64. The van der Waals surface area contributed by atoms with Gasteiger partial charge in [0, 0.05) is 12.8 Å². The van der Waals surface area contributed by atoms with Crippen molar-refractivity contribution in [1.82, 2.24) is 0 Å². The Bertz CT molecular complexity index is 675. The molecule has 0 aliphatic heterocycles. The summed E-state index contributed by atoms with van der Waals surface area (Å²) in [5.74, 6) is 2.77. The molecule has 0 spiro atoms. The summed E-state index contributed by atoms with van der Waals surface area (Å²) in [6.45, 7) is 0.0764. The van der Waals surface area contributed by atoms with Crippen molar-refractivity contribution in [3.63, 3.8) is 0 Å². The van der Waals surface area contributed by atoms with Crippen LogP contribution in [0.1, 0.15) is 28.2 Å². The zero-order chi connectivity index (χ0) is 16.1. The van der Waals surface area contributed by atoms with Gasteiger partial charge in [-0.05, 0) is 41.0 Å². The van der Waals surface area contributed by atoms with E-state index in [2.05, 4.69) is 12.1 Å². The van der Waals surface area contributed by atoms with Crippen molar-refractivity contribution in [2.45, 2.75) is 19.4 Å². The summed E-state index contributed by atoms with van der Waals surface area (Å²) in [6, 6.07) is 20.0. The maximum atomic E-state index is 9.07. The van der Waals surface area contributed by atoms with Gasteiger partial charge in [-0.1, -0.05) is 36.4 Å². The molecule has 23 heavy (non-hydrogen) atoms. The highest BCUT2D eigenvalue weighted by atomic mass is 16.5. The van der Waals surface area contributed by atoms with E-state index in [0.717, 1.165) is 35.7 Å². The maximum absolute atomic E-state index is 9.07. The molecule has 118 valence electrons. The number of benzene rings is 2. The lowest BCUT2D eigenvalue weighted by atomic mass is 10.1. The molecular weight excluding hydrogens is 288 g/mol. The van der Waals surface area contributed by atoms with E-state index in [0.29, 0.717) is 0 Å². The van der Waals surface area contributed by atoms with Crippen LogP contribution >= 0.6 is 0 Å². The van der Waals surface area contributed by atoms with Gasteiger partial charge in [0.2, 0.25) is 0 Å². The number of furan rings is 1. The topological polar surface area (TPSA) is 42.6 Å². The van der Waals surface area contributed by atoms with Crippen molar-refractivity contribution in [3.8, 4) is 5.75 Å². The highest BCUT2D eigenvalue weighted by Crippen LogP contribution is 2.18. The van der Waals surface area contributed by atoms with Crippen LogP contribution in [0, 0.1) is 0 Å². The van der Waals surface area contributed by atoms with Gasteiger partial charge in [-0.15, -0.1) is 0 Å². The quantitative estimate of drug-likeness (QED) is 0.749. The van der Waals surface area contributed by atoms with Gasteiger partial charge in [0.25, 0.3) is 0 Å². The van der Waals surface area contributed by atoms with Gasteiger partial charge in [0.05, 0.1) is 13.7 Å². The van der Waals surface area contributed by atoms with E-state index in [-0.39, 0.29) is 6.61 Å². The molecule has 1 N–H and O–H groups in total. The predicted molar refractivity (Wildman–Crippen MR) is 89.7 cm³/mol. The second-order valence-electron chi connectivity index (χ2n) is 5.54. The molecule has 0 amide bonds. The first-order valence-corrected chi connectivity index (χ1v) is 7.66. The van der Waals surface area contributed by atoms with Gasteiger partial charge in [-0.2, -0.15) is 0 Å². The molecule has 1 aromatic heterocycles. The molecule has 0 saturated carbocycles. The van der Waals surface area contributed by atoms with Crippen LogP contribution in [0.3, 0.4) is 0 Å². The fraction of sp³-hybridized carbons (Fsp3) is 0.200. The molecule has 0 unspecified atom stereocenters. The van der Waals surface area contributed by atoms with E-state index in [9.17, 15) is 0 Å². The standard InChI is InChI=1S/C20H20O3/c1-22-18-8-6-16(7-9-18)13-20-11-10-19(23-20)12-15-2-4-17(14-21)5-3-15/h2-11,21H,12-14H2,1H3. The van der Waals surface area contributed by atoms with Gasteiger partial charge in [-0.25, -0.2) is 0 Å². The lowest BCUT2D eigenvalue weighted by Gasteiger charge is -2.02. The van der Waals surface area contributed by atoms with Crippen molar-refractivity contribution >= 4 is 0 Å². The molecule has 0 bridgehead atoms. The van der Waals surface area contributed by atoms with Gasteiger partial charge >= 0.3 is 0 Å². The SMILES string of the molecule is COc1ccc(Cc2ccc(Cc3ccc(CO)cc3)o2)cc1. The van der Waals surface area contributed by atoms with Gasteiger partial charge in [0.15, 0.2) is 0 Å². The first-order chi connectivity index (χ1) is 11.3. The summed E-state index contributed by atoms with van der Waals surface area (Å²) in [5.41, 5.74) is 3.29. The fourth-order valence-corrected chi connectivity index (χ4v) is 2.52. The molecule has 0 fully saturated rings. The van der Waals surface area contributed by atoms with Crippen molar-refractivity contribution in [2.24, 2.45) is 0 Å². The summed E-state index contributed by atoms with van der Waals surface area (Å²) < 4.78 is 11.1. The Morgan fingerprint density at radius 1 is 0.739 bits per heavy atom. The summed E-state index contributed by atoms with van der Waals surface area (Å²) in [7, 11) is 1.67. The third-order valence-electron chi connectivity index (χ3n) is 3.84. The fourth-order valence-electron chi connectivity index (χ4n) is 2.52. The molecule has 0 atom stereocenters. The zero-order valence-corrected chi connectivity index (χ0v) is 13.2. The minimum Gasteiger partial charge on any atom is -0.497 e. The van der Waals surface area contributed by atoms with Crippen LogP contribution in [0.25, 0.3) is 0 Å². The van der Waals surface area contributed by atoms with Crippen LogP contribution in [0.2, 0.25) is 0 Å². The molecule has 1 heterocycles. The number of aliphatic hydroxyl groups is 1. The summed E-state index contributed by atoms with van der Waals surface area (Å²) >= 11 is 0. The molecule has 0 saturated heterocycles. The largest absolute Gasteiger partial charge is 0.497 e. The van der Waals surface area contributed by atoms with E-state index >= 15 is 0 Å². The molecule has 3 rings (SSSR count). The van der Waals surface area contributed by atoms with Crippen LogP contribution in [-0.4, -0.2) is 12.2 Å². The number of hydrogen-bond acceptors (Lipinski definition) is 3. The highest BCUT2D eigenvalue weighted by Gasteiger charge is 2.05. The van der Waals surface area contributed by atoms with Crippen molar-refractivity contribution in [2.75, 3.05) is 7.11 Å². The molecule has 0 aliphatic rings. The molecule has 3 aromatic rings. The first kappa shape index (κ1) is 15.4. The highest BCUT2D eigenvalue weighted by molar-refractivity contribution is 5.30. The van der Waals surface area contributed by atoms with Gasteiger partial charge in [-0.3, -0.25) is 0 Å². The van der Waals surface area contributed by atoms with Crippen LogP contribution in [0.5, 0.6) is 5.75 Å². The number of aliphatic hydroxyl groups excluding tert-OH is 1. The van der Waals surface area contributed by atoms with E-state index in [1.807, 2.05) is 48.5 Å². The van der Waals surface area contributed by atoms with Crippen LogP contribution < -0.4 is 4.74 Å². The van der Waals surface area contributed by atoms with Crippen LogP contribution in [0.15, 0.2) is 65.1 Å². The molecule has 0 radical (unpaired) electrons. The monoisotopic (exact) mass is 308 g/mol. The number of rotatable bonds is 6. The second kappa shape index (κ2) is 7.16. The van der Waals surface area contributed by atoms with Gasteiger partial charge < -0.3 is 14.3 Å². The Kier molecular flexibility index (Phi) is 4.79. The summed E-state index contributed by atoms with van der Waals surface area (Å²) in [4.78, 5) is 0. The third-order valence-corrected chi connectivity index (χ3v) is 3.84. The van der Waals surface area contributed by atoms with Crippen LogP contribution in [-0.2, 0) is 19.4 Å². The van der Waals surface area contributed by atoms with Crippen molar-refractivity contribution in [3.05, 3.63) is 88.9 Å². The van der Waals surface area contributed by atoms with E-state index in [4.69, 9.17) is 14.3 Å². The second-order valence-corrected chi connectivity index (χ2v) is 5.54. The Hall–Kier alpha value is -2.52. The third kappa shape index (κ3) is 4.02. The van der Waals surface area contributed by atoms with Gasteiger partial charge in [0.1, 0.15) is 17.3 Å². The number of ether oxygens (including phenoxy) is 1. The lowest BCUT2D eigenvalue weighted by molar-refractivity contribution is 0.282. The molecule has 2 aromatic carbocycles. The zero-order valence-electron chi connectivity index (χ0n) is 13.2. The van der Waals surface area contributed by atoms with Crippen molar-refractivity contribution in [1.29, 1.82) is 0 Å². The lowest BCUT2D eigenvalue weighted by Crippen LogP contribution is -1.89. The van der Waals surface area contributed by atoms with E-state index in [1.54, 1.807) is 7.11 Å². The van der Waals surface area contributed by atoms with E-state index in [1.165, 1.54) is 11.1 Å².